The van der Waals surface area contributed by atoms with Crippen molar-refractivity contribution in [3.8, 4) is 0 Å². The van der Waals surface area contributed by atoms with Gasteiger partial charge >= 0.3 is 0 Å². The maximum atomic E-state index is 11.1. The Balaban J connectivity index is 0.000000570. The normalized spacial score (nSPS) is 23.6. The third kappa shape index (κ3) is 3.99. The van der Waals surface area contributed by atoms with Gasteiger partial charge in [-0.15, -0.1) is 0 Å². The first kappa shape index (κ1) is 20.2. The van der Waals surface area contributed by atoms with Crippen LogP contribution in [0.5, 0.6) is 0 Å². The van der Waals surface area contributed by atoms with Crippen molar-refractivity contribution in [3.63, 3.8) is 0 Å². The molecule has 1 aliphatic carbocycles. The van der Waals surface area contributed by atoms with Gasteiger partial charge in [0, 0.05) is 11.5 Å². The van der Waals surface area contributed by atoms with Crippen LogP contribution in [0.1, 0.15) is 63.1 Å². The Bertz CT molecular complexity index is 705. The van der Waals surface area contributed by atoms with Crippen LogP contribution >= 0.6 is 0 Å². The number of aryl methyl sites for hydroxylation is 1. The van der Waals surface area contributed by atoms with E-state index >= 15 is 0 Å². The number of nitrogens with zero attached hydrogens (tertiary/aromatic N) is 1. The minimum atomic E-state index is -1.21. The van der Waals surface area contributed by atoms with Crippen molar-refractivity contribution < 1.29 is 9.94 Å². The summed E-state index contributed by atoms with van der Waals surface area (Å²) in [5.41, 5.74) is 4.09. The molecule has 2 unspecified atom stereocenters. The zero-order chi connectivity index (χ0) is 19.2. The molecule has 0 bridgehead atoms. The lowest BCUT2D eigenvalue weighted by Crippen LogP contribution is -2.39. The molecule has 4 rings (SSSR count). The summed E-state index contributed by atoms with van der Waals surface area (Å²) in [7, 11) is 0. The molecule has 2 aromatic carbocycles. The van der Waals surface area contributed by atoms with E-state index in [4.69, 9.17) is 4.84 Å². The molecule has 1 fully saturated rings. The Morgan fingerprint density at radius 1 is 0.923 bits per heavy atom. The van der Waals surface area contributed by atoms with Gasteiger partial charge in [-0.25, -0.2) is 0 Å². The van der Waals surface area contributed by atoms with Crippen LogP contribution in [0, 0.1) is 12.8 Å². The molecule has 140 valence electrons. The van der Waals surface area contributed by atoms with Crippen molar-refractivity contribution in [1.29, 1.82) is 0 Å². The summed E-state index contributed by atoms with van der Waals surface area (Å²) in [5, 5.41) is 15.4. The summed E-state index contributed by atoms with van der Waals surface area (Å²) in [6.45, 7) is 10.1. The van der Waals surface area contributed by atoms with E-state index in [2.05, 4.69) is 24.2 Å². The number of hydrogen-bond donors (Lipinski definition) is 1. The summed E-state index contributed by atoms with van der Waals surface area (Å²) < 4.78 is 0. The van der Waals surface area contributed by atoms with Crippen molar-refractivity contribution in [1.82, 2.24) is 0 Å². The molecule has 1 N–H and O–H groups in total. The van der Waals surface area contributed by atoms with Gasteiger partial charge in [0.15, 0.2) is 0 Å². The summed E-state index contributed by atoms with van der Waals surface area (Å²) >= 11 is 0. The smallest absolute Gasteiger partial charge is 0.249 e. The lowest BCUT2D eigenvalue weighted by Gasteiger charge is -2.28. The number of oxime groups is 1. The fourth-order valence-corrected chi connectivity index (χ4v) is 3.22. The van der Waals surface area contributed by atoms with Gasteiger partial charge in [-0.1, -0.05) is 93.0 Å². The molecular formula is C23H31NO2. The van der Waals surface area contributed by atoms with Gasteiger partial charge in [-0.2, -0.15) is 0 Å². The van der Waals surface area contributed by atoms with Gasteiger partial charge in [-0.3, -0.25) is 0 Å². The van der Waals surface area contributed by atoms with Gasteiger partial charge in [0.25, 0.3) is 0 Å². The average molecular weight is 354 g/mol. The molecular weight excluding hydrogens is 322 g/mol. The predicted molar refractivity (Wildman–Crippen MR) is 108 cm³/mol. The summed E-state index contributed by atoms with van der Waals surface area (Å²) in [6.07, 6.45) is 1.99. The molecule has 1 aliphatic heterocycles. The highest BCUT2D eigenvalue weighted by molar-refractivity contribution is 6.06. The minimum absolute atomic E-state index is 0.171. The van der Waals surface area contributed by atoms with Gasteiger partial charge in [0.1, 0.15) is 5.71 Å². The number of benzene rings is 2. The van der Waals surface area contributed by atoms with Crippen LogP contribution in [0.25, 0.3) is 0 Å². The van der Waals surface area contributed by atoms with Gasteiger partial charge in [0.2, 0.25) is 5.79 Å². The van der Waals surface area contributed by atoms with Crippen LogP contribution in [0.4, 0.5) is 0 Å². The molecule has 2 atom stereocenters. The monoisotopic (exact) mass is 353 g/mol. The zero-order valence-corrected chi connectivity index (χ0v) is 16.6. The highest BCUT2D eigenvalue weighted by Gasteiger charge is 2.57. The average Bonchev–Trinajstić information content (AvgIpc) is 3.51. The number of rotatable bonds is 3. The number of aliphatic hydroxyl groups is 1. The predicted octanol–water partition coefficient (Wildman–Crippen LogP) is 5.66. The number of hydrogen-bond acceptors (Lipinski definition) is 3. The Labute approximate surface area is 157 Å². The Morgan fingerprint density at radius 3 is 2.04 bits per heavy atom. The Hall–Kier alpha value is -2.13. The van der Waals surface area contributed by atoms with Crippen molar-refractivity contribution in [2.45, 2.75) is 59.2 Å². The van der Waals surface area contributed by atoms with Crippen LogP contribution in [-0.2, 0) is 4.84 Å². The van der Waals surface area contributed by atoms with Crippen LogP contribution in [0.3, 0.4) is 0 Å². The fraction of sp³-hybridized carbons (Fsp3) is 0.435. The van der Waals surface area contributed by atoms with E-state index in [0.29, 0.717) is 0 Å². The van der Waals surface area contributed by atoms with E-state index < -0.39 is 5.79 Å². The quantitative estimate of drug-likeness (QED) is 0.773. The van der Waals surface area contributed by atoms with Crippen LogP contribution in [0.15, 0.2) is 59.8 Å². The molecule has 2 aliphatic rings. The van der Waals surface area contributed by atoms with E-state index in [-0.39, 0.29) is 11.8 Å². The molecule has 0 amide bonds. The van der Waals surface area contributed by atoms with Crippen LogP contribution in [-0.4, -0.2) is 16.6 Å². The summed E-state index contributed by atoms with van der Waals surface area (Å²) in [5.74, 6) is -1.27. The molecule has 26 heavy (non-hydrogen) atoms. The van der Waals surface area contributed by atoms with Crippen molar-refractivity contribution in [2.75, 3.05) is 0 Å². The van der Waals surface area contributed by atoms with Gasteiger partial charge < -0.3 is 9.94 Å². The lowest BCUT2D eigenvalue weighted by molar-refractivity contribution is -0.208. The maximum Gasteiger partial charge on any atom is 0.249 e. The van der Waals surface area contributed by atoms with E-state index in [1.165, 1.54) is 5.56 Å². The second-order valence-corrected chi connectivity index (χ2v) is 6.30. The van der Waals surface area contributed by atoms with Gasteiger partial charge in [-0.05, 0) is 25.3 Å². The second kappa shape index (κ2) is 9.00. The van der Waals surface area contributed by atoms with Gasteiger partial charge in [0.05, 0.1) is 5.92 Å². The molecule has 0 radical (unpaired) electrons. The van der Waals surface area contributed by atoms with Crippen LogP contribution in [0.2, 0.25) is 0 Å². The standard InChI is InChI=1S/C19H19NO2.2C2H6/c1-13-7-9-15(10-8-13)18-17(14-5-3-2-4-6-14)19(21,22-20-18)16-11-12-16;2*1-2/h2-10,16-17,21H,11-12H2,1H3;2*1-2H3. The first-order chi connectivity index (χ1) is 12.7. The Morgan fingerprint density at radius 2 is 1.50 bits per heavy atom. The third-order valence-electron chi connectivity index (χ3n) is 4.62. The lowest BCUT2D eigenvalue weighted by atomic mass is 9.81. The van der Waals surface area contributed by atoms with Crippen molar-refractivity contribution in [3.05, 3.63) is 71.3 Å². The second-order valence-electron chi connectivity index (χ2n) is 6.30. The highest BCUT2D eigenvalue weighted by Crippen LogP contribution is 2.51. The largest absolute Gasteiger partial charge is 0.359 e. The molecule has 0 aromatic heterocycles. The molecule has 0 saturated heterocycles. The van der Waals surface area contributed by atoms with E-state index in [9.17, 15) is 5.11 Å². The SMILES string of the molecule is CC.CC.Cc1ccc(C2=NOC(O)(C3CC3)C2c2ccccc2)cc1. The first-order valence-corrected chi connectivity index (χ1v) is 9.79. The van der Waals surface area contributed by atoms with Crippen LogP contribution < -0.4 is 0 Å². The fourth-order valence-electron chi connectivity index (χ4n) is 3.22. The Kier molecular flexibility index (Phi) is 6.98. The molecule has 0 spiro atoms. The molecule has 1 saturated carbocycles. The van der Waals surface area contributed by atoms with E-state index in [0.717, 1.165) is 29.7 Å². The third-order valence-corrected chi connectivity index (χ3v) is 4.62. The molecule has 2 aromatic rings. The first-order valence-electron chi connectivity index (χ1n) is 9.79. The summed E-state index contributed by atoms with van der Waals surface area (Å²) in [6, 6.07) is 18.3. The van der Waals surface area contributed by atoms with Crippen molar-refractivity contribution in [2.24, 2.45) is 11.1 Å². The maximum absolute atomic E-state index is 11.1. The van der Waals surface area contributed by atoms with E-state index in [1.54, 1.807) is 0 Å². The van der Waals surface area contributed by atoms with Crippen molar-refractivity contribution >= 4 is 5.71 Å². The molecule has 1 heterocycles. The zero-order valence-electron chi connectivity index (χ0n) is 16.6. The molecule has 3 heteroatoms. The van der Waals surface area contributed by atoms with E-state index in [1.807, 2.05) is 70.2 Å². The summed E-state index contributed by atoms with van der Waals surface area (Å²) in [4.78, 5) is 5.57. The topological polar surface area (TPSA) is 41.8 Å². The highest BCUT2D eigenvalue weighted by atomic mass is 16.7. The molecule has 3 nitrogen and oxygen atoms in total. The minimum Gasteiger partial charge on any atom is -0.359 e.